The second kappa shape index (κ2) is 13.0. The fourth-order valence-electron chi connectivity index (χ4n) is 4.22. The molecule has 1 unspecified atom stereocenters. The van der Waals surface area contributed by atoms with Gasteiger partial charge in [-0.05, 0) is 0 Å². The van der Waals surface area contributed by atoms with Crippen molar-refractivity contribution in [2.24, 2.45) is 5.92 Å². The number of carbonyl (C=O) groups excluding carboxylic acids is 3. The highest BCUT2D eigenvalue weighted by molar-refractivity contribution is 6.03. The highest BCUT2D eigenvalue weighted by Gasteiger charge is 2.59. The number of likely N-dealkylation sites (tertiary alicyclic amines) is 1. The van der Waals surface area contributed by atoms with Crippen molar-refractivity contribution in [1.82, 2.24) is 10.2 Å². The lowest BCUT2D eigenvalue weighted by atomic mass is 9.88. The zero-order valence-electron chi connectivity index (χ0n) is 20.2. The van der Waals surface area contributed by atoms with E-state index in [9.17, 15) is 24.6 Å². The lowest BCUT2D eigenvalue weighted by Gasteiger charge is -2.42. The van der Waals surface area contributed by atoms with Gasteiger partial charge in [0.15, 0.2) is 6.29 Å². The minimum absolute atomic E-state index is 0.000742. The van der Waals surface area contributed by atoms with E-state index in [0.29, 0.717) is 33.0 Å². The van der Waals surface area contributed by atoms with Crippen LogP contribution in [0, 0.1) is 5.92 Å². The zero-order chi connectivity index (χ0) is 25.4. The smallest absolute Gasteiger partial charge is 0.232 e. The summed E-state index contributed by atoms with van der Waals surface area (Å²) >= 11 is 0. The van der Waals surface area contributed by atoms with Crippen molar-refractivity contribution in [3.05, 3.63) is 0 Å². The lowest BCUT2D eigenvalue weighted by Crippen LogP contribution is -2.66. The maximum atomic E-state index is 11.8. The molecular weight excluding hydrogens is 468 g/mol. The van der Waals surface area contributed by atoms with Crippen molar-refractivity contribution >= 4 is 17.7 Å². The van der Waals surface area contributed by atoms with E-state index in [2.05, 4.69) is 5.32 Å². The molecule has 0 aliphatic carbocycles. The number of aliphatic hydroxyl groups excluding tert-OH is 2. The fraction of sp³-hybridized carbons (Fsp3) is 0.864. The maximum Gasteiger partial charge on any atom is 0.232 e. The van der Waals surface area contributed by atoms with Gasteiger partial charge < -0.3 is 44.0 Å². The molecule has 3 N–H and O–H groups in total. The first-order chi connectivity index (χ1) is 16.7. The number of amides is 3. The molecule has 200 valence electrons. The van der Waals surface area contributed by atoms with Crippen LogP contribution in [0.15, 0.2) is 0 Å². The van der Waals surface area contributed by atoms with E-state index in [1.807, 2.05) is 0 Å². The van der Waals surface area contributed by atoms with E-state index in [1.54, 1.807) is 6.92 Å². The van der Waals surface area contributed by atoms with Crippen LogP contribution in [0.4, 0.5) is 0 Å². The van der Waals surface area contributed by atoms with Crippen molar-refractivity contribution in [2.75, 3.05) is 66.0 Å². The number of aliphatic hydroxyl groups is 2. The minimum atomic E-state index is -1.28. The van der Waals surface area contributed by atoms with Gasteiger partial charge in [0.25, 0.3) is 0 Å². The molecule has 0 aromatic rings. The second-order valence-corrected chi connectivity index (χ2v) is 8.90. The number of nitrogens with one attached hydrogen (secondary N) is 1. The molecule has 3 rings (SSSR count). The van der Waals surface area contributed by atoms with Crippen LogP contribution in [0.3, 0.4) is 0 Å². The van der Waals surface area contributed by atoms with Crippen LogP contribution in [0.2, 0.25) is 0 Å². The number of ether oxygens (including phenoxy) is 6. The molecule has 3 amide bonds. The van der Waals surface area contributed by atoms with Crippen LogP contribution in [0.25, 0.3) is 0 Å². The molecular formula is C22H36N2O11. The molecule has 0 saturated carbocycles. The van der Waals surface area contributed by atoms with Crippen LogP contribution in [0.1, 0.15) is 20.3 Å². The topological polar surface area (TPSA) is 162 Å². The van der Waals surface area contributed by atoms with Gasteiger partial charge >= 0.3 is 0 Å². The summed E-state index contributed by atoms with van der Waals surface area (Å²) in [6, 6.07) is -0.853. The van der Waals surface area contributed by atoms with Crippen LogP contribution < -0.4 is 5.32 Å². The Labute approximate surface area is 203 Å². The van der Waals surface area contributed by atoms with Crippen LogP contribution in [-0.4, -0.2) is 129 Å². The molecule has 6 atom stereocenters. The summed E-state index contributed by atoms with van der Waals surface area (Å²) in [6.45, 7) is 5.58. The number of carbonyl (C=O) groups is 3. The van der Waals surface area contributed by atoms with E-state index >= 15 is 0 Å². The van der Waals surface area contributed by atoms with Gasteiger partial charge in [-0.1, -0.05) is 6.92 Å². The minimum Gasteiger partial charge on any atom is -0.388 e. The summed E-state index contributed by atoms with van der Waals surface area (Å²) in [6.07, 6.45) is -3.11. The van der Waals surface area contributed by atoms with Crippen molar-refractivity contribution in [3.8, 4) is 0 Å². The predicted octanol–water partition coefficient (Wildman–Crippen LogP) is -2.20. The van der Waals surface area contributed by atoms with Gasteiger partial charge in [-0.25, -0.2) is 0 Å². The van der Waals surface area contributed by atoms with Crippen molar-refractivity contribution in [1.29, 1.82) is 0 Å². The first kappa shape index (κ1) is 27.9. The van der Waals surface area contributed by atoms with Crippen molar-refractivity contribution < 1.29 is 53.0 Å². The van der Waals surface area contributed by atoms with Crippen LogP contribution >= 0.6 is 0 Å². The normalized spacial score (nSPS) is 32.5. The molecule has 3 saturated heterocycles. The van der Waals surface area contributed by atoms with Gasteiger partial charge in [0, 0.05) is 19.3 Å². The third-order valence-electron chi connectivity index (χ3n) is 6.13. The number of hydrogen-bond acceptors (Lipinski definition) is 11. The average Bonchev–Trinajstić information content (AvgIpc) is 3.33. The Morgan fingerprint density at radius 2 is 1.66 bits per heavy atom. The quantitative estimate of drug-likeness (QED) is 0.164. The Hall–Kier alpha value is -1.71. The van der Waals surface area contributed by atoms with Gasteiger partial charge in [-0.2, -0.15) is 0 Å². The molecule has 3 fully saturated rings. The molecule has 13 nitrogen and oxygen atoms in total. The Bertz CT molecular complexity index is 738. The molecule has 0 spiro atoms. The highest BCUT2D eigenvalue weighted by atomic mass is 16.8. The second-order valence-electron chi connectivity index (χ2n) is 8.90. The zero-order valence-corrected chi connectivity index (χ0v) is 20.2. The third-order valence-corrected chi connectivity index (χ3v) is 6.13. The molecule has 3 heterocycles. The molecule has 35 heavy (non-hydrogen) atoms. The number of hydrogen-bond donors (Lipinski definition) is 3. The predicted molar refractivity (Wildman–Crippen MR) is 117 cm³/mol. The molecule has 0 aromatic heterocycles. The van der Waals surface area contributed by atoms with Gasteiger partial charge in [0.05, 0.1) is 66.0 Å². The number of nitrogens with zero attached hydrogens (tertiary/aromatic N) is 1. The molecule has 0 aromatic carbocycles. The molecule has 3 aliphatic heterocycles. The number of imide groups is 1. The van der Waals surface area contributed by atoms with Gasteiger partial charge in [0.1, 0.15) is 23.9 Å². The van der Waals surface area contributed by atoms with E-state index in [1.165, 1.54) is 11.8 Å². The maximum absolute atomic E-state index is 11.8. The first-order valence-corrected chi connectivity index (χ1v) is 11.8. The Morgan fingerprint density at radius 3 is 2.23 bits per heavy atom. The average molecular weight is 505 g/mol. The van der Waals surface area contributed by atoms with Gasteiger partial charge in [-0.15, -0.1) is 0 Å². The largest absolute Gasteiger partial charge is 0.388 e. The lowest BCUT2D eigenvalue weighted by molar-refractivity contribution is -0.238. The number of rotatable bonds is 15. The summed E-state index contributed by atoms with van der Waals surface area (Å²) < 4.78 is 33.0. The Morgan fingerprint density at radius 1 is 1.06 bits per heavy atom. The fourth-order valence-corrected chi connectivity index (χ4v) is 4.22. The summed E-state index contributed by atoms with van der Waals surface area (Å²) in [5.74, 6) is -0.907. The standard InChI is InChI=1S/C22H36N2O11/c1-14-11-16(26)24(20(14)29)3-4-30-5-6-31-7-8-32-9-10-33-12-22-13-34-21(35-22)17(23-15(2)25)18(27)19(22)28/h14,17-19,21,27-28H,3-13H2,1-2H3,(H,23,25)/t14?,17-,18+,19+,21-,22-/m0/s1. The highest BCUT2D eigenvalue weighted by Crippen LogP contribution is 2.37. The molecule has 3 aliphatic rings. The van der Waals surface area contributed by atoms with Crippen LogP contribution in [-0.2, 0) is 42.8 Å². The van der Waals surface area contributed by atoms with Crippen molar-refractivity contribution in [2.45, 2.75) is 50.4 Å². The van der Waals surface area contributed by atoms with Crippen molar-refractivity contribution in [3.63, 3.8) is 0 Å². The van der Waals surface area contributed by atoms with E-state index < -0.39 is 30.1 Å². The third kappa shape index (κ3) is 7.17. The van der Waals surface area contributed by atoms with Crippen LogP contribution in [0.5, 0.6) is 0 Å². The number of fused-ring (bicyclic) bond motifs is 2. The summed E-state index contributed by atoms with van der Waals surface area (Å²) in [5.41, 5.74) is -1.20. The monoisotopic (exact) mass is 504 g/mol. The van der Waals surface area contributed by atoms with E-state index in [4.69, 9.17) is 28.4 Å². The molecule has 0 radical (unpaired) electrons. The summed E-state index contributed by atoms with van der Waals surface area (Å²) in [4.78, 5) is 36.0. The summed E-state index contributed by atoms with van der Waals surface area (Å²) in [7, 11) is 0. The SMILES string of the molecule is CC(=O)N[C@@H]1[C@H]2OC[C@](COCCOCCOCCOCCN3C(=O)CC(C)C3=O)(O2)[C@H](O)[C@@H]1O. The Kier molecular flexibility index (Phi) is 10.4. The van der Waals surface area contributed by atoms with Gasteiger partial charge in [0.2, 0.25) is 17.7 Å². The Balaban J connectivity index is 1.16. The van der Waals surface area contributed by atoms with E-state index in [-0.39, 0.29) is 63.0 Å². The van der Waals surface area contributed by atoms with Gasteiger partial charge in [-0.3, -0.25) is 19.3 Å². The molecule has 2 bridgehead atoms. The summed E-state index contributed by atoms with van der Waals surface area (Å²) in [5, 5.41) is 23.4. The van der Waals surface area contributed by atoms with E-state index in [0.717, 1.165) is 0 Å². The molecule has 13 heteroatoms. The first-order valence-electron chi connectivity index (χ1n) is 11.8.